The predicted molar refractivity (Wildman–Crippen MR) is 84.4 cm³/mol. The molecule has 2 aliphatic rings. The monoisotopic (exact) mass is 288 g/mol. The second-order valence-corrected chi connectivity index (χ2v) is 5.49. The summed E-state index contributed by atoms with van der Waals surface area (Å²) in [5.74, 6) is 1.05. The minimum absolute atomic E-state index is 0.841. The first-order chi connectivity index (χ1) is 10.4. The van der Waals surface area contributed by atoms with Gasteiger partial charge < -0.3 is 15.0 Å². The Morgan fingerprint density at radius 3 is 2.67 bits per heavy atom. The van der Waals surface area contributed by atoms with E-state index in [1.165, 1.54) is 5.56 Å². The van der Waals surface area contributed by atoms with E-state index in [4.69, 9.17) is 4.74 Å². The summed E-state index contributed by atoms with van der Waals surface area (Å²) in [5, 5.41) is 3.47. The standard InChI is InChI=1S/C16H24N4O/c1-2-4-15(5-3-1)14-18-16-17-6-7-20(16)9-8-19-10-12-21-13-11-19/h1-5H,6-14H2,(H,17,18). The van der Waals surface area contributed by atoms with Crippen molar-refractivity contribution in [1.82, 2.24) is 15.1 Å². The molecule has 0 aromatic heterocycles. The van der Waals surface area contributed by atoms with E-state index in [-0.39, 0.29) is 0 Å². The Kier molecular flexibility index (Phi) is 5.08. The molecule has 1 saturated heterocycles. The fourth-order valence-corrected chi connectivity index (χ4v) is 2.73. The largest absolute Gasteiger partial charge is 0.379 e. The van der Waals surface area contributed by atoms with Gasteiger partial charge in [0.1, 0.15) is 0 Å². The maximum absolute atomic E-state index is 5.39. The van der Waals surface area contributed by atoms with Crippen LogP contribution in [-0.2, 0) is 11.3 Å². The highest BCUT2D eigenvalue weighted by Gasteiger charge is 2.18. The summed E-state index contributed by atoms with van der Waals surface area (Å²) >= 11 is 0. The van der Waals surface area contributed by atoms with E-state index >= 15 is 0 Å². The van der Waals surface area contributed by atoms with Crippen LogP contribution in [0.15, 0.2) is 35.3 Å². The lowest BCUT2D eigenvalue weighted by molar-refractivity contribution is 0.0361. The first kappa shape index (κ1) is 14.4. The molecule has 5 nitrogen and oxygen atoms in total. The van der Waals surface area contributed by atoms with Gasteiger partial charge >= 0.3 is 0 Å². The molecule has 0 amide bonds. The van der Waals surface area contributed by atoms with Crippen LogP contribution < -0.4 is 5.32 Å². The molecule has 0 unspecified atom stereocenters. The number of guanidine groups is 1. The Morgan fingerprint density at radius 1 is 1.05 bits per heavy atom. The molecule has 5 heteroatoms. The van der Waals surface area contributed by atoms with Gasteiger partial charge in [0.25, 0.3) is 0 Å². The molecule has 1 fully saturated rings. The lowest BCUT2D eigenvalue weighted by Gasteiger charge is -2.29. The van der Waals surface area contributed by atoms with Crippen molar-refractivity contribution in [3.05, 3.63) is 35.9 Å². The molecule has 1 N–H and O–H groups in total. The molecule has 1 aromatic carbocycles. The predicted octanol–water partition coefficient (Wildman–Crippen LogP) is 0.780. The van der Waals surface area contributed by atoms with E-state index < -0.39 is 0 Å². The van der Waals surface area contributed by atoms with Crippen molar-refractivity contribution in [2.45, 2.75) is 6.54 Å². The van der Waals surface area contributed by atoms with Gasteiger partial charge in [0.2, 0.25) is 0 Å². The minimum Gasteiger partial charge on any atom is -0.379 e. The molecule has 2 heterocycles. The number of hydrogen-bond acceptors (Lipinski definition) is 5. The van der Waals surface area contributed by atoms with Crippen LogP contribution in [-0.4, -0.2) is 68.2 Å². The van der Waals surface area contributed by atoms with Crippen molar-refractivity contribution in [3.63, 3.8) is 0 Å². The summed E-state index contributed by atoms with van der Waals surface area (Å²) in [5.41, 5.74) is 1.29. The number of hydrogen-bond donors (Lipinski definition) is 1. The van der Waals surface area contributed by atoms with Crippen LogP contribution in [0, 0.1) is 0 Å². The van der Waals surface area contributed by atoms with E-state index in [0.29, 0.717) is 0 Å². The van der Waals surface area contributed by atoms with Gasteiger partial charge in [-0.1, -0.05) is 30.3 Å². The fourth-order valence-electron chi connectivity index (χ4n) is 2.73. The van der Waals surface area contributed by atoms with Gasteiger partial charge in [-0.15, -0.1) is 0 Å². The van der Waals surface area contributed by atoms with Gasteiger partial charge in [0.05, 0.1) is 19.8 Å². The van der Waals surface area contributed by atoms with Gasteiger partial charge in [-0.2, -0.15) is 0 Å². The third-order valence-corrected chi connectivity index (χ3v) is 4.01. The van der Waals surface area contributed by atoms with E-state index in [0.717, 1.165) is 65.0 Å². The third kappa shape index (κ3) is 4.19. The van der Waals surface area contributed by atoms with Gasteiger partial charge in [0.15, 0.2) is 5.96 Å². The van der Waals surface area contributed by atoms with Crippen molar-refractivity contribution >= 4 is 5.96 Å². The quantitative estimate of drug-likeness (QED) is 0.869. The average Bonchev–Trinajstić information content (AvgIpc) is 3.00. The normalized spacial score (nSPS) is 19.6. The first-order valence-corrected chi connectivity index (χ1v) is 7.79. The van der Waals surface area contributed by atoms with E-state index in [1.807, 2.05) is 6.07 Å². The van der Waals surface area contributed by atoms with Crippen LogP contribution >= 0.6 is 0 Å². The molecular weight excluding hydrogens is 264 g/mol. The number of benzene rings is 1. The summed E-state index contributed by atoms with van der Waals surface area (Å²) in [6, 6.07) is 10.5. The van der Waals surface area contributed by atoms with Gasteiger partial charge in [-0.25, -0.2) is 0 Å². The van der Waals surface area contributed by atoms with Crippen molar-refractivity contribution in [3.8, 4) is 0 Å². The molecule has 0 spiro atoms. The molecule has 0 saturated carbocycles. The lowest BCUT2D eigenvalue weighted by Crippen LogP contribution is -2.45. The Balaban J connectivity index is 1.44. The van der Waals surface area contributed by atoms with Crippen LogP contribution in [0.4, 0.5) is 0 Å². The van der Waals surface area contributed by atoms with Gasteiger partial charge in [-0.05, 0) is 5.56 Å². The second-order valence-electron chi connectivity index (χ2n) is 5.49. The molecule has 0 aliphatic carbocycles. The van der Waals surface area contributed by atoms with Crippen molar-refractivity contribution in [1.29, 1.82) is 0 Å². The second kappa shape index (κ2) is 7.43. The topological polar surface area (TPSA) is 40.1 Å². The molecule has 114 valence electrons. The summed E-state index contributed by atoms with van der Waals surface area (Å²) in [4.78, 5) is 9.41. The SMILES string of the molecule is c1ccc(CNC2=NCCN2CCN2CCOCC2)cc1. The Morgan fingerprint density at radius 2 is 1.86 bits per heavy atom. The number of aliphatic imine (C=N–C) groups is 1. The van der Waals surface area contributed by atoms with Crippen molar-refractivity contribution in [2.24, 2.45) is 4.99 Å². The molecule has 1 aromatic rings. The molecule has 21 heavy (non-hydrogen) atoms. The van der Waals surface area contributed by atoms with Crippen LogP contribution in [0.2, 0.25) is 0 Å². The molecule has 0 radical (unpaired) electrons. The van der Waals surface area contributed by atoms with Gasteiger partial charge in [0, 0.05) is 39.3 Å². The first-order valence-electron chi connectivity index (χ1n) is 7.79. The maximum Gasteiger partial charge on any atom is 0.194 e. The number of nitrogens with zero attached hydrogens (tertiary/aromatic N) is 3. The lowest BCUT2D eigenvalue weighted by atomic mass is 10.2. The zero-order chi connectivity index (χ0) is 14.3. The van der Waals surface area contributed by atoms with Gasteiger partial charge in [-0.3, -0.25) is 9.89 Å². The average molecular weight is 288 g/mol. The maximum atomic E-state index is 5.39. The van der Waals surface area contributed by atoms with E-state index in [2.05, 4.69) is 44.4 Å². The van der Waals surface area contributed by atoms with Crippen molar-refractivity contribution < 1.29 is 4.74 Å². The summed E-state index contributed by atoms with van der Waals surface area (Å²) in [6.07, 6.45) is 0. The minimum atomic E-state index is 0.841. The molecule has 0 atom stereocenters. The zero-order valence-electron chi connectivity index (χ0n) is 12.5. The van der Waals surface area contributed by atoms with Crippen molar-refractivity contribution in [2.75, 3.05) is 52.5 Å². The Hall–Kier alpha value is -1.59. The number of ether oxygens (including phenoxy) is 1. The summed E-state index contributed by atoms with van der Waals surface area (Å²) in [7, 11) is 0. The number of nitrogens with one attached hydrogen (secondary N) is 1. The van der Waals surface area contributed by atoms with Crippen LogP contribution in [0.25, 0.3) is 0 Å². The smallest absolute Gasteiger partial charge is 0.194 e. The highest BCUT2D eigenvalue weighted by Crippen LogP contribution is 2.04. The summed E-state index contributed by atoms with van der Waals surface area (Å²) in [6.45, 7) is 8.75. The molecule has 0 bridgehead atoms. The summed E-state index contributed by atoms with van der Waals surface area (Å²) < 4.78 is 5.39. The highest BCUT2D eigenvalue weighted by molar-refractivity contribution is 5.81. The molecule has 2 aliphatic heterocycles. The van der Waals surface area contributed by atoms with E-state index in [9.17, 15) is 0 Å². The number of morpholine rings is 1. The molecule has 3 rings (SSSR count). The van der Waals surface area contributed by atoms with Crippen LogP contribution in [0.5, 0.6) is 0 Å². The molecular formula is C16H24N4O. The van der Waals surface area contributed by atoms with Crippen LogP contribution in [0.1, 0.15) is 5.56 Å². The zero-order valence-corrected chi connectivity index (χ0v) is 12.5. The Labute approximate surface area is 126 Å². The Bertz CT molecular complexity index is 457. The number of rotatable bonds is 5. The fraction of sp³-hybridized carbons (Fsp3) is 0.562. The van der Waals surface area contributed by atoms with Crippen LogP contribution in [0.3, 0.4) is 0 Å². The third-order valence-electron chi connectivity index (χ3n) is 4.01. The van der Waals surface area contributed by atoms with E-state index in [1.54, 1.807) is 0 Å². The highest BCUT2D eigenvalue weighted by atomic mass is 16.5.